The molecular weight excluding hydrogens is 272 g/mol. The van der Waals surface area contributed by atoms with Gasteiger partial charge in [-0.1, -0.05) is 6.07 Å². The third-order valence-corrected chi connectivity index (χ3v) is 3.43. The van der Waals surface area contributed by atoms with E-state index in [1.165, 1.54) is 5.56 Å². The molecule has 0 bridgehead atoms. The first kappa shape index (κ1) is 14.5. The van der Waals surface area contributed by atoms with Crippen molar-refractivity contribution in [1.82, 2.24) is 5.32 Å². The van der Waals surface area contributed by atoms with Crippen LogP contribution in [-0.4, -0.2) is 24.4 Å². The fourth-order valence-electron chi connectivity index (χ4n) is 1.68. The Labute approximate surface area is 122 Å². The highest BCUT2D eigenvalue weighted by atomic mass is 32.1. The van der Waals surface area contributed by atoms with Crippen LogP contribution in [0.4, 0.5) is 0 Å². The van der Waals surface area contributed by atoms with Crippen LogP contribution in [-0.2, 0) is 6.54 Å². The van der Waals surface area contributed by atoms with E-state index in [9.17, 15) is 5.11 Å². The summed E-state index contributed by atoms with van der Waals surface area (Å²) in [6.07, 6.45) is -0.584. The summed E-state index contributed by atoms with van der Waals surface area (Å²) in [6.45, 7) is 1.41. The largest absolute Gasteiger partial charge is 0.491 e. The molecule has 0 fully saturated rings. The summed E-state index contributed by atoms with van der Waals surface area (Å²) < 4.78 is 5.46. The Morgan fingerprint density at radius 1 is 1.40 bits per heavy atom. The summed E-state index contributed by atoms with van der Waals surface area (Å²) in [6, 6.07) is 11.0. The molecule has 2 aromatic rings. The standard InChI is InChI=1S/C15H16N2O2S/c16-7-12-2-1-3-15(6-12)19-10-14(18)9-17-8-13-4-5-20-11-13/h1-6,11,14,17-18H,8-10H2. The fraction of sp³-hybridized carbons (Fsp3) is 0.267. The zero-order chi connectivity index (χ0) is 14.2. The monoisotopic (exact) mass is 288 g/mol. The molecule has 0 aliphatic carbocycles. The average Bonchev–Trinajstić information content (AvgIpc) is 2.98. The van der Waals surface area contributed by atoms with Crippen LogP contribution in [0.1, 0.15) is 11.1 Å². The second kappa shape index (κ2) is 7.65. The number of nitrogens with one attached hydrogen (secondary N) is 1. The molecule has 0 aliphatic rings. The Kier molecular flexibility index (Phi) is 5.56. The molecule has 2 N–H and O–H groups in total. The van der Waals surface area contributed by atoms with Gasteiger partial charge in [-0.25, -0.2) is 0 Å². The van der Waals surface area contributed by atoms with Gasteiger partial charge in [0.2, 0.25) is 0 Å². The van der Waals surface area contributed by atoms with Crippen molar-refractivity contribution in [3.05, 3.63) is 52.2 Å². The number of rotatable bonds is 7. The highest BCUT2D eigenvalue weighted by molar-refractivity contribution is 7.07. The van der Waals surface area contributed by atoms with Crippen molar-refractivity contribution >= 4 is 11.3 Å². The smallest absolute Gasteiger partial charge is 0.120 e. The third-order valence-electron chi connectivity index (χ3n) is 2.69. The first-order valence-electron chi connectivity index (χ1n) is 6.31. The normalized spacial score (nSPS) is 11.8. The van der Waals surface area contributed by atoms with Gasteiger partial charge in [0.25, 0.3) is 0 Å². The van der Waals surface area contributed by atoms with E-state index in [1.807, 2.05) is 11.4 Å². The summed E-state index contributed by atoms with van der Waals surface area (Å²) >= 11 is 1.66. The first-order chi connectivity index (χ1) is 9.78. The Morgan fingerprint density at radius 2 is 2.30 bits per heavy atom. The topological polar surface area (TPSA) is 65.3 Å². The molecule has 0 amide bonds. The molecule has 4 nitrogen and oxygen atoms in total. The minimum atomic E-state index is -0.584. The van der Waals surface area contributed by atoms with E-state index in [0.717, 1.165) is 6.54 Å². The van der Waals surface area contributed by atoms with Crippen LogP contribution in [0.25, 0.3) is 0 Å². The lowest BCUT2D eigenvalue weighted by Gasteiger charge is -2.13. The molecule has 1 atom stereocenters. The number of hydrogen-bond donors (Lipinski definition) is 2. The SMILES string of the molecule is N#Cc1cccc(OCC(O)CNCc2ccsc2)c1. The number of aliphatic hydroxyl groups is 1. The van der Waals surface area contributed by atoms with Crippen LogP contribution in [0.2, 0.25) is 0 Å². The maximum atomic E-state index is 9.82. The van der Waals surface area contributed by atoms with Crippen molar-refractivity contribution in [1.29, 1.82) is 5.26 Å². The molecule has 1 unspecified atom stereocenters. The molecular formula is C15H16N2O2S. The third kappa shape index (κ3) is 4.67. The number of aliphatic hydroxyl groups excluding tert-OH is 1. The minimum Gasteiger partial charge on any atom is -0.491 e. The van der Waals surface area contributed by atoms with Crippen LogP contribution in [0.15, 0.2) is 41.1 Å². The summed E-state index contributed by atoms with van der Waals surface area (Å²) in [5, 5.41) is 25.9. The lowest BCUT2D eigenvalue weighted by Crippen LogP contribution is -2.31. The second-order valence-electron chi connectivity index (χ2n) is 4.37. The molecule has 1 heterocycles. The van der Waals surface area contributed by atoms with Crippen LogP contribution in [0.3, 0.4) is 0 Å². The maximum absolute atomic E-state index is 9.82. The number of ether oxygens (including phenoxy) is 1. The van der Waals surface area contributed by atoms with Crippen molar-refractivity contribution in [3.63, 3.8) is 0 Å². The number of nitrogens with zero attached hydrogens (tertiary/aromatic N) is 1. The van der Waals surface area contributed by atoms with Gasteiger partial charge in [0.05, 0.1) is 11.6 Å². The maximum Gasteiger partial charge on any atom is 0.120 e. The van der Waals surface area contributed by atoms with Gasteiger partial charge in [-0.05, 0) is 40.6 Å². The van der Waals surface area contributed by atoms with E-state index in [0.29, 0.717) is 17.9 Å². The fourth-order valence-corrected chi connectivity index (χ4v) is 2.35. The van der Waals surface area contributed by atoms with Gasteiger partial charge in [0, 0.05) is 13.1 Å². The lowest BCUT2D eigenvalue weighted by molar-refractivity contribution is 0.106. The lowest BCUT2D eigenvalue weighted by atomic mass is 10.2. The molecule has 20 heavy (non-hydrogen) atoms. The van der Waals surface area contributed by atoms with Gasteiger partial charge in [0.15, 0.2) is 0 Å². The molecule has 0 aliphatic heterocycles. The Balaban J connectivity index is 1.69. The highest BCUT2D eigenvalue weighted by Crippen LogP contribution is 2.12. The van der Waals surface area contributed by atoms with Crippen LogP contribution >= 0.6 is 11.3 Å². The Morgan fingerprint density at radius 3 is 3.05 bits per heavy atom. The van der Waals surface area contributed by atoms with E-state index in [2.05, 4.69) is 16.8 Å². The minimum absolute atomic E-state index is 0.200. The Bertz CT molecular complexity index is 564. The number of hydrogen-bond acceptors (Lipinski definition) is 5. The van der Waals surface area contributed by atoms with E-state index >= 15 is 0 Å². The molecule has 0 saturated carbocycles. The summed E-state index contributed by atoms with van der Waals surface area (Å²) in [5.41, 5.74) is 1.76. The molecule has 2 rings (SSSR count). The molecule has 5 heteroatoms. The van der Waals surface area contributed by atoms with E-state index in [1.54, 1.807) is 35.6 Å². The molecule has 1 aromatic heterocycles. The zero-order valence-corrected chi connectivity index (χ0v) is 11.8. The van der Waals surface area contributed by atoms with Crippen molar-refractivity contribution in [2.75, 3.05) is 13.2 Å². The highest BCUT2D eigenvalue weighted by Gasteiger charge is 2.05. The van der Waals surface area contributed by atoms with Crippen LogP contribution in [0.5, 0.6) is 5.75 Å². The van der Waals surface area contributed by atoms with Crippen molar-refractivity contribution in [2.45, 2.75) is 12.6 Å². The van der Waals surface area contributed by atoms with Crippen LogP contribution < -0.4 is 10.1 Å². The van der Waals surface area contributed by atoms with E-state index in [4.69, 9.17) is 10.00 Å². The van der Waals surface area contributed by atoms with Crippen LogP contribution in [0, 0.1) is 11.3 Å². The summed E-state index contributed by atoms with van der Waals surface area (Å²) in [4.78, 5) is 0. The molecule has 0 radical (unpaired) electrons. The quantitative estimate of drug-likeness (QED) is 0.819. The predicted molar refractivity (Wildman–Crippen MR) is 78.7 cm³/mol. The van der Waals surface area contributed by atoms with Crippen molar-refractivity contribution in [3.8, 4) is 11.8 Å². The van der Waals surface area contributed by atoms with Gasteiger partial charge in [-0.2, -0.15) is 16.6 Å². The second-order valence-corrected chi connectivity index (χ2v) is 5.15. The van der Waals surface area contributed by atoms with Gasteiger partial charge >= 0.3 is 0 Å². The van der Waals surface area contributed by atoms with E-state index < -0.39 is 6.10 Å². The number of thiophene rings is 1. The Hall–Kier alpha value is -1.87. The molecule has 1 aromatic carbocycles. The average molecular weight is 288 g/mol. The van der Waals surface area contributed by atoms with E-state index in [-0.39, 0.29) is 6.61 Å². The zero-order valence-electron chi connectivity index (χ0n) is 11.0. The number of benzene rings is 1. The van der Waals surface area contributed by atoms with Gasteiger partial charge in [0.1, 0.15) is 18.5 Å². The summed E-state index contributed by atoms with van der Waals surface area (Å²) in [5.74, 6) is 0.598. The first-order valence-corrected chi connectivity index (χ1v) is 7.25. The molecule has 0 spiro atoms. The van der Waals surface area contributed by atoms with Crippen molar-refractivity contribution in [2.24, 2.45) is 0 Å². The molecule has 0 saturated heterocycles. The number of nitriles is 1. The molecule has 104 valence electrons. The van der Waals surface area contributed by atoms with Crippen molar-refractivity contribution < 1.29 is 9.84 Å². The summed E-state index contributed by atoms with van der Waals surface area (Å²) in [7, 11) is 0. The van der Waals surface area contributed by atoms with Gasteiger partial charge < -0.3 is 15.2 Å². The van der Waals surface area contributed by atoms with Gasteiger partial charge in [-0.3, -0.25) is 0 Å². The van der Waals surface area contributed by atoms with Gasteiger partial charge in [-0.15, -0.1) is 0 Å². The predicted octanol–water partition coefficient (Wildman–Crippen LogP) is 2.15.